The molecule has 0 spiro atoms. The number of nitrogens with zero attached hydrogens (tertiary/aromatic N) is 2. The van der Waals surface area contributed by atoms with Gasteiger partial charge in [-0.2, -0.15) is 0 Å². The summed E-state index contributed by atoms with van der Waals surface area (Å²) >= 11 is 0. The minimum absolute atomic E-state index is 0.110. The summed E-state index contributed by atoms with van der Waals surface area (Å²) in [6, 6.07) is 1.05. The molecule has 7 nitrogen and oxygen atoms in total. The number of rotatable bonds is 6. The van der Waals surface area contributed by atoms with E-state index >= 15 is 0 Å². The Balaban J connectivity index is 2.50. The average Bonchev–Trinajstić information content (AvgIpc) is 2.76. The van der Waals surface area contributed by atoms with Crippen LogP contribution in [0.1, 0.15) is 44.6 Å². The van der Waals surface area contributed by atoms with Gasteiger partial charge in [-0.3, -0.25) is 4.79 Å². The van der Waals surface area contributed by atoms with Crippen molar-refractivity contribution in [2.75, 3.05) is 7.05 Å². The fourth-order valence-electron chi connectivity index (χ4n) is 1.62. The molecule has 2 N–H and O–H groups in total. The molecule has 0 saturated heterocycles. The minimum Gasteiger partial charge on any atom is -0.481 e. The molecule has 0 aliphatic rings. The Labute approximate surface area is 117 Å². The van der Waals surface area contributed by atoms with E-state index in [2.05, 4.69) is 10.5 Å². The highest BCUT2D eigenvalue weighted by Gasteiger charge is 2.16. The molecule has 0 saturated carbocycles. The molecule has 7 heteroatoms. The average molecular weight is 283 g/mol. The Morgan fingerprint density at radius 2 is 2.10 bits per heavy atom. The molecule has 0 fully saturated rings. The zero-order valence-corrected chi connectivity index (χ0v) is 12.2. The van der Waals surface area contributed by atoms with Crippen LogP contribution < -0.4 is 5.32 Å². The molecule has 2 amide bonds. The Morgan fingerprint density at radius 3 is 2.60 bits per heavy atom. The Hall–Kier alpha value is -2.05. The Kier molecular flexibility index (Phi) is 5.54. The van der Waals surface area contributed by atoms with E-state index < -0.39 is 12.0 Å². The first kappa shape index (κ1) is 16.0. The predicted octanol–water partition coefficient (Wildman–Crippen LogP) is 1.80. The second kappa shape index (κ2) is 6.93. The summed E-state index contributed by atoms with van der Waals surface area (Å²) in [5.41, 5.74) is 0.664. The second-order valence-electron chi connectivity index (χ2n) is 5.18. The van der Waals surface area contributed by atoms with Gasteiger partial charge in [0.2, 0.25) is 0 Å². The van der Waals surface area contributed by atoms with Gasteiger partial charge < -0.3 is 19.8 Å². The van der Waals surface area contributed by atoms with Crippen LogP contribution in [-0.2, 0) is 11.3 Å². The molecule has 1 unspecified atom stereocenters. The highest BCUT2D eigenvalue weighted by Crippen LogP contribution is 2.15. The van der Waals surface area contributed by atoms with Crippen molar-refractivity contribution in [2.24, 2.45) is 0 Å². The van der Waals surface area contributed by atoms with Gasteiger partial charge in [-0.25, -0.2) is 4.79 Å². The first-order chi connectivity index (χ1) is 9.29. The van der Waals surface area contributed by atoms with Crippen LogP contribution in [0, 0.1) is 0 Å². The fraction of sp³-hybridized carbons (Fsp3) is 0.615. The third-order valence-corrected chi connectivity index (χ3v) is 2.74. The number of aromatic nitrogens is 1. The van der Waals surface area contributed by atoms with E-state index in [9.17, 15) is 9.59 Å². The number of hydrogen-bond donors (Lipinski definition) is 2. The zero-order chi connectivity index (χ0) is 15.3. The van der Waals surface area contributed by atoms with Gasteiger partial charge in [0.25, 0.3) is 0 Å². The lowest BCUT2D eigenvalue weighted by molar-refractivity contribution is -0.137. The molecule has 112 valence electrons. The number of aliphatic carboxylic acids is 1. The normalized spacial score (nSPS) is 12.2. The van der Waals surface area contributed by atoms with Crippen LogP contribution >= 0.6 is 0 Å². The van der Waals surface area contributed by atoms with E-state index in [1.54, 1.807) is 14.0 Å². The molecule has 0 aliphatic carbocycles. The summed E-state index contributed by atoms with van der Waals surface area (Å²) in [5.74, 6) is 0.0672. The Bertz CT molecular complexity index is 470. The predicted molar refractivity (Wildman–Crippen MR) is 72.3 cm³/mol. The van der Waals surface area contributed by atoms with Crippen LogP contribution in [0.15, 0.2) is 10.6 Å². The van der Waals surface area contributed by atoms with E-state index in [4.69, 9.17) is 9.63 Å². The van der Waals surface area contributed by atoms with Crippen molar-refractivity contribution < 1.29 is 19.2 Å². The van der Waals surface area contributed by atoms with Crippen molar-refractivity contribution in [3.8, 4) is 0 Å². The maximum absolute atomic E-state index is 11.8. The molecule has 1 rings (SSSR count). The van der Waals surface area contributed by atoms with Crippen LogP contribution in [0.3, 0.4) is 0 Å². The molecule has 0 radical (unpaired) electrons. The van der Waals surface area contributed by atoms with Crippen LogP contribution in [-0.4, -0.2) is 40.3 Å². The SMILES string of the molecule is CC(CC(=O)O)NC(=O)N(C)Cc1cc(C(C)C)on1. The lowest BCUT2D eigenvalue weighted by atomic mass is 10.1. The standard InChI is InChI=1S/C13H21N3O4/c1-8(2)11-6-10(15-20-11)7-16(4)13(19)14-9(3)5-12(17)18/h6,8-9H,5,7H2,1-4H3,(H,14,19)(H,17,18). The Morgan fingerprint density at radius 1 is 1.45 bits per heavy atom. The lowest BCUT2D eigenvalue weighted by Gasteiger charge is -2.19. The van der Waals surface area contributed by atoms with Gasteiger partial charge in [-0.05, 0) is 6.92 Å². The van der Waals surface area contributed by atoms with Gasteiger partial charge in [-0.1, -0.05) is 19.0 Å². The largest absolute Gasteiger partial charge is 0.481 e. The van der Waals surface area contributed by atoms with Crippen LogP contribution in [0.5, 0.6) is 0 Å². The first-order valence-corrected chi connectivity index (χ1v) is 6.48. The first-order valence-electron chi connectivity index (χ1n) is 6.48. The molecule has 0 aromatic carbocycles. The van der Waals surface area contributed by atoms with Crippen molar-refractivity contribution in [3.05, 3.63) is 17.5 Å². The van der Waals surface area contributed by atoms with Crippen molar-refractivity contribution in [3.63, 3.8) is 0 Å². The molecule has 0 bridgehead atoms. The highest BCUT2D eigenvalue weighted by molar-refractivity contribution is 5.75. The molecular formula is C13H21N3O4. The molecular weight excluding hydrogens is 262 g/mol. The third kappa shape index (κ3) is 4.91. The minimum atomic E-state index is -0.946. The van der Waals surface area contributed by atoms with E-state index in [1.165, 1.54) is 4.90 Å². The smallest absolute Gasteiger partial charge is 0.317 e. The topological polar surface area (TPSA) is 95.7 Å². The van der Waals surface area contributed by atoms with E-state index in [0.29, 0.717) is 12.2 Å². The van der Waals surface area contributed by atoms with Crippen molar-refractivity contribution >= 4 is 12.0 Å². The summed E-state index contributed by atoms with van der Waals surface area (Å²) in [6.45, 7) is 5.94. The van der Waals surface area contributed by atoms with Crippen LogP contribution in [0.25, 0.3) is 0 Å². The molecule has 1 heterocycles. The number of amides is 2. The summed E-state index contributed by atoms with van der Waals surface area (Å²) in [6.07, 6.45) is -0.110. The number of hydrogen-bond acceptors (Lipinski definition) is 4. The summed E-state index contributed by atoms with van der Waals surface area (Å²) in [7, 11) is 1.62. The third-order valence-electron chi connectivity index (χ3n) is 2.74. The number of nitrogens with one attached hydrogen (secondary N) is 1. The lowest BCUT2D eigenvalue weighted by Crippen LogP contribution is -2.42. The number of carbonyl (C=O) groups excluding carboxylic acids is 1. The molecule has 20 heavy (non-hydrogen) atoms. The summed E-state index contributed by atoms with van der Waals surface area (Å²) in [4.78, 5) is 23.8. The summed E-state index contributed by atoms with van der Waals surface area (Å²) in [5, 5.41) is 15.1. The van der Waals surface area contributed by atoms with Gasteiger partial charge in [-0.15, -0.1) is 0 Å². The van der Waals surface area contributed by atoms with Crippen LogP contribution in [0.4, 0.5) is 4.79 Å². The maximum atomic E-state index is 11.8. The maximum Gasteiger partial charge on any atom is 0.317 e. The number of carbonyl (C=O) groups is 2. The van der Waals surface area contributed by atoms with E-state index in [1.807, 2.05) is 19.9 Å². The molecule has 0 aliphatic heterocycles. The molecule has 1 aromatic rings. The van der Waals surface area contributed by atoms with Crippen molar-refractivity contribution in [1.82, 2.24) is 15.4 Å². The van der Waals surface area contributed by atoms with Gasteiger partial charge in [0.05, 0.1) is 13.0 Å². The van der Waals surface area contributed by atoms with Gasteiger partial charge in [0.15, 0.2) is 0 Å². The molecule has 1 aromatic heterocycles. The molecule has 1 atom stereocenters. The van der Waals surface area contributed by atoms with Gasteiger partial charge in [0.1, 0.15) is 11.5 Å². The van der Waals surface area contributed by atoms with Crippen molar-refractivity contribution in [1.29, 1.82) is 0 Å². The highest BCUT2D eigenvalue weighted by atomic mass is 16.5. The van der Waals surface area contributed by atoms with Crippen LogP contribution in [0.2, 0.25) is 0 Å². The van der Waals surface area contributed by atoms with E-state index in [0.717, 1.165) is 5.76 Å². The number of carboxylic acid groups (broad SMARTS) is 1. The van der Waals surface area contributed by atoms with Crippen molar-refractivity contribution in [2.45, 2.75) is 45.7 Å². The van der Waals surface area contributed by atoms with E-state index in [-0.39, 0.29) is 18.4 Å². The zero-order valence-electron chi connectivity index (χ0n) is 12.2. The number of urea groups is 1. The fourth-order valence-corrected chi connectivity index (χ4v) is 1.62. The second-order valence-corrected chi connectivity index (χ2v) is 5.18. The monoisotopic (exact) mass is 283 g/mol. The number of carboxylic acids is 1. The van der Waals surface area contributed by atoms with Gasteiger partial charge >= 0.3 is 12.0 Å². The van der Waals surface area contributed by atoms with Gasteiger partial charge in [0, 0.05) is 25.1 Å². The quantitative estimate of drug-likeness (QED) is 0.830. The summed E-state index contributed by atoms with van der Waals surface area (Å²) < 4.78 is 5.15.